The second-order valence-electron chi connectivity index (χ2n) is 4.88. The summed E-state index contributed by atoms with van der Waals surface area (Å²) in [6, 6.07) is 9.06. The van der Waals surface area contributed by atoms with Crippen LogP contribution < -0.4 is 10.1 Å². The van der Waals surface area contributed by atoms with Gasteiger partial charge in [-0.05, 0) is 56.0 Å². The molecule has 0 radical (unpaired) electrons. The van der Waals surface area contributed by atoms with Gasteiger partial charge in [0.05, 0.1) is 7.11 Å². The number of benzene rings is 1. The van der Waals surface area contributed by atoms with Gasteiger partial charge >= 0.3 is 0 Å². The Morgan fingerprint density at radius 1 is 1.33 bits per heavy atom. The van der Waals surface area contributed by atoms with E-state index in [1.165, 1.54) is 29.9 Å². The highest BCUT2D eigenvalue weighted by atomic mass is 32.2. The van der Waals surface area contributed by atoms with E-state index in [4.69, 9.17) is 4.74 Å². The monoisotopic (exact) mass is 265 g/mol. The number of nitrogens with one attached hydrogen (secondary N) is 1. The van der Waals surface area contributed by atoms with E-state index in [9.17, 15) is 0 Å². The van der Waals surface area contributed by atoms with Gasteiger partial charge < -0.3 is 10.1 Å². The maximum atomic E-state index is 5.17. The Morgan fingerprint density at radius 3 is 2.61 bits per heavy atom. The third kappa shape index (κ3) is 4.21. The van der Waals surface area contributed by atoms with Gasteiger partial charge in [-0.2, -0.15) is 0 Å². The van der Waals surface area contributed by atoms with Gasteiger partial charge in [0.2, 0.25) is 0 Å². The number of ether oxygens (including phenoxy) is 1. The molecule has 2 rings (SSSR count). The highest BCUT2D eigenvalue weighted by molar-refractivity contribution is 7.99. The van der Waals surface area contributed by atoms with Crippen LogP contribution in [0, 0.1) is 5.92 Å². The minimum absolute atomic E-state index is 0.692. The summed E-state index contributed by atoms with van der Waals surface area (Å²) in [6.07, 6.45) is 4.03. The number of methoxy groups -OCH3 is 1. The van der Waals surface area contributed by atoms with E-state index in [1.54, 1.807) is 7.11 Å². The van der Waals surface area contributed by atoms with E-state index in [2.05, 4.69) is 24.4 Å². The lowest BCUT2D eigenvalue weighted by Crippen LogP contribution is -2.33. The molecule has 0 bridgehead atoms. The Morgan fingerprint density at radius 2 is 2.06 bits per heavy atom. The lowest BCUT2D eigenvalue weighted by Gasteiger charge is -2.17. The van der Waals surface area contributed by atoms with Crippen molar-refractivity contribution < 1.29 is 4.74 Å². The molecule has 0 aliphatic heterocycles. The van der Waals surface area contributed by atoms with Crippen molar-refractivity contribution in [3.8, 4) is 5.75 Å². The van der Waals surface area contributed by atoms with Crippen LogP contribution in [0.1, 0.15) is 26.2 Å². The van der Waals surface area contributed by atoms with Crippen molar-refractivity contribution in [2.45, 2.75) is 37.1 Å². The van der Waals surface area contributed by atoms with Crippen LogP contribution in [0.4, 0.5) is 0 Å². The van der Waals surface area contributed by atoms with Gasteiger partial charge in [-0.15, -0.1) is 11.8 Å². The van der Waals surface area contributed by atoms with Crippen molar-refractivity contribution >= 4 is 11.8 Å². The molecule has 2 nitrogen and oxygen atoms in total. The molecular weight excluding hydrogens is 242 g/mol. The summed E-state index contributed by atoms with van der Waals surface area (Å²) in [5.74, 6) is 3.03. The van der Waals surface area contributed by atoms with Crippen LogP contribution in [0.15, 0.2) is 29.2 Å². The molecule has 1 fully saturated rings. The fourth-order valence-electron chi connectivity index (χ4n) is 2.05. The quantitative estimate of drug-likeness (QED) is 0.726. The zero-order valence-electron chi connectivity index (χ0n) is 11.3. The SMILES string of the molecule is CCCNC(CSc1ccc(OC)cc1)C1CC1. The van der Waals surface area contributed by atoms with Crippen LogP contribution in [-0.4, -0.2) is 25.4 Å². The van der Waals surface area contributed by atoms with Crippen molar-refractivity contribution in [2.75, 3.05) is 19.4 Å². The summed E-state index contributed by atoms with van der Waals surface area (Å²) >= 11 is 1.95. The molecule has 18 heavy (non-hydrogen) atoms. The number of hydrogen-bond donors (Lipinski definition) is 1. The van der Waals surface area contributed by atoms with Crippen LogP contribution in [0.5, 0.6) is 5.75 Å². The molecule has 1 aromatic carbocycles. The molecule has 0 aromatic heterocycles. The predicted octanol–water partition coefficient (Wildman–Crippen LogP) is 3.57. The van der Waals surface area contributed by atoms with Gasteiger partial charge in [0.15, 0.2) is 0 Å². The first-order valence-corrected chi connectivity index (χ1v) is 7.82. The topological polar surface area (TPSA) is 21.3 Å². The van der Waals surface area contributed by atoms with Crippen LogP contribution in [-0.2, 0) is 0 Å². The molecule has 1 atom stereocenters. The molecule has 1 unspecified atom stereocenters. The average molecular weight is 265 g/mol. The molecule has 0 amide bonds. The predicted molar refractivity (Wildman–Crippen MR) is 78.5 cm³/mol. The molecule has 1 saturated carbocycles. The van der Waals surface area contributed by atoms with Gasteiger partial charge in [-0.25, -0.2) is 0 Å². The Hall–Kier alpha value is -0.670. The Kier molecular flexibility index (Phi) is 5.39. The third-order valence-corrected chi connectivity index (χ3v) is 4.47. The zero-order chi connectivity index (χ0) is 12.8. The van der Waals surface area contributed by atoms with E-state index < -0.39 is 0 Å². The zero-order valence-corrected chi connectivity index (χ0v) is 12.1. The van der Waals surface area contributed by atoms with Crippen LogP contribution in [0.25, 0.3) is 0 Å². The van der Waals surface area contributed by atoms with E-state index in [0.717, 1.165) is 18.2 Å². The summed E-state index contributed by atoms with van der Waals surface area (Å²) in [4.78, 5) is 1.33. The molecule has 3 heteroatoms. The number of thioether (sulfide) groups is 1. The maximum Gasteiger partial charge on any atom is 0.118 e. The maximum absolute atomic E-state index is 5.17. The summed E-state index contributed by atoms with van der Waals surface area (Å²) in [5, 5.41) is 3.68. The van der Waals surface area contributed by atoms with Crippen molar-refractivity contribution in [3.05, 3.63) is 24.3 Å². The van der Waals surface area contributed by atoms with Crippen molar-refractivity contribution in [2.24, 2.45) is 5.92 Å². The minimum Gasteiger partial charge on any atom is -0.497 e. The fraction of sp³-hybridized carbons (Fsp3) is 0.600. The summed E-state index contributed by atoms with van der Waals surface area (Å²) < 4.78 is 5.17. The largest absolute Gasteiger partial charge is 0.497 e. The van der Waals surface area contributed by atoms with Gasteiger partial charge in [-0.3, -0.25) is 0 Å². The van der Waals surface area contributed by atoms with Gasteiger partial charge in [-0.1, -0.05) is 6.92 Å². The number of rotatable bonds is 8. The van der Waals surface area contributed by atoms with E-state index in [0.29, 0.717) is 6.04 Å². The van der Waals surface area contributed by atoms with E-state index in [1.807, 2.05) is 23.9 Å². The van der Waals surface area contributed by atoms with E-state index in [-0.39, 0.29) is 0 Å². The molecule has 0 saturated heterocycles. The highest BCUT2D eigenvalue weighted by Gasteiger charge is 2.30. The second-order valence-corrected chi connectivity index (χ2v) is 5.98. The molecule has 1 aliphatic rings. The molecule has 1 aromatic rings. The second kappa shape index (κ2) is 7.05. The molecule has 0 spiro atoms. The fourth-order valence-corrected chi connectivity index (χ4v) is 3.14. The van der Waals surface area contributed by atoms with Crippen LogP contribution in [0.3, 0.4) is 0 Å². The standard InChI is InChI=1S/C15H23NOS/c1-3-10-16-15(12-4-5-12)11-18-14-8-6-13(17-2)7-9-14/h6-9,12,15-16H,3-5,10-11H2,1-2H3. The van der Waals surface area contributed by atoms with Gasteiger partial charge in [0.25, 0.3) is 0 Å². The third-order valence-electron chi connectivity index (χ3n) is 3.34. The molecule has 1 N–H and O–H groups in total. The normalized spacial score (nSPS) is 16.6. The first-order chi connectivity index (χ1) is 8.83. The molecular formula is C15H23NOS. The van der Waals surface area contributed by atoms with Crippen LogP contribution >= 0.6 is 11.8 Å². The summed E-state index contributed by atoms with van der Waals surface area (Å²) in [6.45, 7) is 3.37. The number of hydrogen-bond acceptors (Lipinski definition) is 3. The van der Waals surface area contributed by atoms with Crippen molar-refractivity contribution in [3.63, 3.8) is 0 Å². The van der Waals surface area contributed by atoms with Gasteiger partial charge in [0, 0.05) is 16.7 Å². The Bertz CT molecular complexity index is 348. The lowest BCUT2D eigenvalue weighted by atomic mass is 10.2. The Labute approximate surface area is 114 Å². The summed E-state index contributed by atoms with van der Waals surface area (Å²) in [5.41, 5.74) is 0. The van der Waals surface area contributed by atoms with Crippen molar-refractivity contribution in [1.29, 1.82) is 0 Å². The average Bonchev–Trinajstić information content (AvgIpc) is 3.24. The minimum atomic E-state index is 0.692. The molecule has 100 valence electrons. The molecule has 0 heterocycles. The summed E-state index contributed by atoms with van der Waals surface area (Å²) in [7, 11) is 1.71. The highest BCUT2D eigenvalue weighted by Crippen LogP contribution is 2.35. The van der Waals surface area contributed by atoms with Gasteiger partial charge in [0.1, 0.15) is 5.75 Å². The van der Waals surface area contributed by atoms with Crippen LogP contribution in [0.2, 0.25) is 0 Å². The Balaban J connectivity index is 1.80. The lowest BCUT2D eigenvalue weighted by molar-refractivity contribution is 0.414. The molecule has 1 aliphatic carbocycles. The smallest absolute Gasteiger partial charge is 0.118 e. The van der Waals surface area contributed by atoms with E-state index >= 15 is 0 Å². The van der Waals surface area contributed by atoms with Crippen molar-refractivity contribution in [1.82, 2.24) is 5.32 Å². The first kappa shape index (κ1) is 13.8. The first-order valence-electron chi connectivity index (χ1n) is 6.83.